The van der Waals surface area contributed by atoms with Gasteiger partial charge in [0.15, 0.2) is 0 Å². The molecule has 0 amide bonds. The zero-order valence-electron chi connectivity index (χ0n) is 30.1. The Hall–Kier alpha value is -4.37. The maximum atomic E-state index is 5.54. The third kappa shape index (κ3) is 3.95. The van der Waals surface area contributed by atoms with E-state index in [-0.39, 0.29) is 0 Å². The lowest BCUT2D eigenvalue weighted by Crippen LogP contribution is -2.48. The lowest BCUT2D eigenvalue weighted by Gasteiger charge is -2.57. The van der Waals surface area contributed by atoms with Gasteiger partial charge in [0.05, 0.1) is 22.1 Å². The lowest BCUT2D eigenvalue weighted by atomic mass is 9.48. The fraction of sp³-hybridized carbons (Fsp3) is 0.408. The number of nitrogens with zero attached hydrogens (tertiary/aromatic N) is 3. The Morgan fingerprint density at radius 1 is 0.385 bits per heavy atom. The van der Waals surface area contributed by atoms with Crippen LogP contribution in [0.15, 0.2) is 103 Å². The third-order valence-electron chi connectivity index (χ3n) is 15.8. The van der Waals surface area contributed by atoms with Gasteiger partial charge in [0, 0.05) is 21.5 Å². The summed E-state index contributed by atoms with van der Waals surface area (Å²) in [5.41, 5.74) is 8.99. The van der Waals surface area contributed by atoms with Crippen molar-refractivity contribution in [1.29, 1.82) is 0 Å². The Morgan fingerprint density at radius 3 is 1.15 bits per heavy atom. The van der Waals surface area contributed by atoms with Crippen LogP contribution in [0, 0.1) is 35.5 Å². The number of hydrogen-bond acceptors (Lipinski definition) is 1. The molecule has 7 aromatic rings. The maximum absolute atomic E-state index is 5.54. The van der Waals surface area contributed by atoms with E-state index in [4.69, 9.17) is 4.98 Å². The topological polar surface area (TPSA) is 22.8 Å². The molecule has 0 N–H and O–H groups in total. The SMILES string of the molecule is c1cc(-n2c3ccccc3c3cc(C45CC6CC(CC(C6)C4)C5)ccc32)nc(-n2c3ccccc3c3cc(C45CC6CC(CC(C6)C4)C5)ccc32)c1. The lowest BCUT2D eigenvalue weighted by molar-refractivity contribution is -0.00524. The highest BCUT2D eigenvalue weighted by Gasteiger charge is 2.53. The van der Waals surface area contributed by atoms with Gasteiger partial charge in [-0.25, -0.2) is 4.98 Å². The summed E-state index contributed by atoms with van der Waals surface area (Å²) in [6, 6.07) is 39.7. The molecule has 3 heteroatoms. The summed E-state index contributed by atoms with van der Waals surface area (Å²) in [7, 11) is 0. The summed E-state index contributed by atoms with van der Waals surface area (Å²) < 4.78 is 4.85. The first-order valence-corrected chi connectivity index (χ1v) is 20.6. The van der Waals surface area contributed by atoms with E-state index in [1.165, 1.54) is 121 Å². The Labute approximate surface area is 306 Å². The predicted molar refractivity (Wildman–Crippen MR) is 213 cm³/mol. The van der Waals surface area contributed by atoms with E-state index in [2.05, 4.69) is 112 Å². The van der Waals surface area contributed by atoms with Crippen LogP contribution in [0.2, 0.25) is 0 Å². The van der Waals surface area contributed by atoms with Gasteiger partial charge in [-0.15, -0.1) is 0 Å². The third-order valence-corrected chi connectivity index (χ3v) is 15.8. The van der Waals surface area contributed by atoms with Crippen molar-refractivity contribution < 1.29 is 0 Å². The quantitative estimate of drug-likeness (QED) is 0.182. The molecular weight excluding hydrogens is 631 g/mol. The second kappa shape index (κ2) is 10.2. The number of rotatable bonds is 4. The van der Waals surface area contributed by atoms with E-state index in [1.54, 1.807) is 11.1 Å². The highest BCUT2D eigenvalue weighted by Crippen LogP contribution is 2.62. The van der Waals surface area contributed by atoms with Crippen molar-refractivity contribution in [2.45, 2.75) is 87.9 Å². The van der Waals surface area contributed by atoms with Gasteiger partial charge >= 0.3 is 0 Å². The molecule has 3 heterocycles. The van der Waals surface area contributed by atoms with Crippen molar-refractivity contribution in [3.05, 3.63) is 114 Å². The molecule has 0 aliphatic heterocycles. The molecule has 0 saturated heterocycles. The summed E-state index contributed by atoms with van der Waals surface area (Å²) >= 11 is 0. The molecule has 15 rings (SSSR count). The van der Waals surface area contributed by atoms with Gasteiger partial charge in [-0.2, -0.15) is 0 Å². The van der Waals surface area contributed by atoms with E-state index in [0.29, 0.717) is 10.8 Å². The maximum Gasteiger partial charge on any atom is 0.140 e. The summed E-state index contributed by atoms with van der Waals surface area (Å²) in [6.45, 7) is 0. The average molecular weight is 678 g/mol. The van der Waals surface area contributed by atoms with Crippen LogP contribution >= 0.6 is 0 Å². The number of pyridine rings is 1. The van der Waals surface area contributed by atoms with Gasteiger partial charge in [0.2, 0.25) is 0 Å². The highest BCUT2D eigenvalue weighted by atomic mass is 15.1. The van der Waals surface area contributed by atoms with Crippen LogP contribution in [0.4, 0.5) is 0 Å². The fourth-order valence-electron chi connectivity index (χ4n) is 14.7. The first-order chi connectivity index (χ1) is 25.6. The predicted octanol–water partition coefficient (Wildman–Crippen LogP) is 12.2. The summed E-state index contributed by atoms with van der Waals surface area (Å²) in [6.07, 6.45) is 17.3. The molecule has 8 saturated carbocycles. The minimum Gasteiger partial charge on any atom is -0.294 e. The smallest absolute Gasteiger partial charge is 0.140 e. The average Bonchev–Trinajstić information content (AvgIpc) is 3.66. The van der Waals surface area contributed by atoms with Gasteiger partial charge in [0.1, 0.15) is 11.6 Å². The number of benzene rings is 4. The molecule has 8 fully saturated rings. The van der Waals surface area contributed by atoms with Crippen LogP contribution in [-0.4, -0.2) is 14.1 Å². The minimum atomic E-state index is 0.385. The molecule has 8 bridgehead atoms. The number of fused-ring (bicyclic) bond motifs is 6. The molecule has 4 aromatic carbocycles. The molecule has 52 heavy (non-hydrogen) atoms. The molecule has 0 spiro atoms. The second-order valence-corrected chi connectivity index (χ2v) is 18.9. The second-order valence-electron chi connectivity index (χ2n) is 18.9. The fourth-order valence-corrected chi connectivity index (χ4v) is 14.7. The first kappa shape index (κ1) is 29.1. The van der Waals surface area contributed by atoms with Gasteiger partial charge in [-0.3, -0.25) is 9.13 Å². The number of para-hydroxylation sites is 2. The van der Waals surface area contributed by atoms with E-state index in [9.17, 15) is 0 Å². The summed E-state index contributed by atoms with van der Waals surface area (Å²) in [4.78, 5) is 5.54. The molecule has 0 unspecified atom stereocenters. The number of hydrogen-bond donors (Lipinski definition) is 0. The van der Waals surface area contributed by atoms with Gasteiger partial charge in [-0.05, 0) is 183 Å². The molecule has 0 radical (unpaired) electrons. The van der Waals surface area contributed by atoms with Crippen LogP contribution < -0.4 is 0 Å². The molecular formula is C49H47N3. The molecule has 8 aliphatic rings. The van der Waals surface area contributed by atoms with Crippen molar-refractivity contribution in [2.24, 2.45) is 35.5 Å². The van der Waals surface area contributed by atoms with Crippen LogP contribution in [0.5, 0.6) is 0 Å². The molecule has 3 nitrogen and oxygen atoms in total. The standard InChI is InChI=1S/C49H47N3/c1-3-8-42-38(6-1)40-22-36(48-24-30-16-31(25-48)18-32(17-30)26-48)12-14-44(40)51(42)46-10-5-11-47(50-46)52-43-9-4-2-7-39(43)41-23-37(13-15-45(41)52)49-27-33-19-34(28-49)21-35(20-33)29-49/h1-15,22-23,30-35H,16-21,24-29H2. The van der Waals surface area contributed by atoms with E-state index >= 15 is 0 Å². The minimum absolute atomic E-state index is 0.385. The Morgan fingerprint density at radius 2 is 0.750 bits per heavy atom. The van der Waals surface area contributed by atoms with E-state index in [1.807, 2.05) is 0 Å². The Balaban J connectivity index is 0.955. The van der Waals surface area contributed by atoms with Crippen molar-refractivity contribution in [2.75, 3.05) is 0 Å². The molecule has 3 aromatic heterocycles. The summed E-state index contributed by atoms with van der Waals surface area (Å²) in [5, 5.41) is 5.44. The molecule has 0 atom stereocenters. The Bertz CT molecular complexity index is 2370. The molecule has 8 aliphatic carbocycles. The Kier molecular flexibility index (Phi) is 5.71. The highest BCUT2D eigenvalue weighted by molar-refractivity contribution is 6.10. The van der Waals surface area contributed by atoms with Crippen molar-refractivity contribution in [3.63, 3.8) is 0 Å². The van der Waals surface area contributed by atoms with E-state index in [0.717, 1.165) is 47.1 Å². The van der Waals surface area contributed by atoms with Crippen molar-refractivity contribution in [1.82, 2.24) is 14.1 Å². The monoisotopic (exact) mass is 677 g/mol. The summed E-state index contributed by atoms with van der Waals surface area (Å²) in [5.74, 6) is 7.64. The number of aromatic nitrogens is 3. The normalized spacial score (nSPS) is 33.0. The van der Waals surface area contributed by atoms with Gasteiger partial charge in [-0.1, -0.05) is 54.6 Å². The van der Waals surface area contributed by atoms with Crippen LogP contribution in [0.25, 0.3) is 55.2 Å². The van der Waals surface area contributed by atoms with Crippen LogP contribution in [0.3, 0.4) is 0 Å². The zero-order chi connectivity index (χ0) is 33.8. The van der Waals surface area contributed by atoms with Crippen LogP contribution in [-0.2, 0) is 10.8 Å². The van der Waals surface area contributed by atoms with Crippen molar-refractivity contribution >= 4 is 43.6 Å². The van der Waals surface area contributed by atoms with Crippen LogP contribution in [0.1, 0.15) is 88.2 Å². The largest absolute Gasteiger partial charge is 0.294 e. The first-order valence-electron chi connectivity index (χ1n) is 20.6. The van der Waals surface area contributed by atoms with Gasteiger partial charge in [0.25, 0.3) is 0 Å². The van der Waals surface area contributed by atoms with Gasteiger partial charge < -0.3 is 0 Å². The molecule has 258 valence electrons. The zero-order valence-corrected chi connectivity index (χ0v) is 30.1. The van der Waals surface area contributed by atoms with Crippen molar-refractivity contribution in [3.8, 4) is 11.6 Å². The van der Waals surface area contributed by atoms with E-state index < -0.39 is 0 Å².